The van der Waals surface area contributed by atoms with Crippen LogP contribution in [0.5, 0.6) is 0 Å². The second kappa shape index (κ2) is 5.36. The van der Waals surface area contributed by atoms with Gasteiger partial charge in [-0.3, -0.25) is 0 Å². The number of thiophene rings is 1. The standard InChI is InChI=1S/C13H11F2NO2S/c1-7-8(4-12(19-7)13(17)18)6-16-11-3-2-9(14)5-10(11)15/h2-5,16H,6H2,1H3,(H,17,18). The number of halogens is 2. The zero-order valence-electron chi connectivity index (χ0n) is 10.0. The van der Waals surface area contributed by atoms with Gasteiger partial charge >= 0.3 is 5.97 Å². The second-order valence-electron chi connectivity index (χ2n) is 3.97. The molecule has 0 fully saturated rings. The predicted octanol–water partition coefficient (Wildman–Crippen LogP) is 3.65. The van der Waals surface area contributed by atoms with Crippen LogP contribution in [0.3, 0.4) is 0 Å². The Morgan fingerprint density at radius 2 is 2.11 bits per heavy atom. The number of carbonyl (C=O) groups is 1. The number of hydrogen-bond acceptors (Lipinski definition) is 3. The van der Waals surface area contributed by atoms with E-state index in [1.807, 2.05) is 0 Å². The van der Waals surface area contributed by atoms with Crippen LogP contribution in [0.1, 0.15) is 20.1 Å². The van der Waals surface area contributed by atoms with Gasteiger partial charge in [-0.25, -0.2) is 13.6 Å². The third kappa shape index (κ3) is 3.08. The first-order valence-electron chi connectivity index (χ1n) is 5.49. The second-order valence-corrected chi connectivity index (χ2v) is 5.23. The fourth-order valence-corrected chi connectivity index (χ4v) is 2.50. The first-order valence-corrected chi connectivity index (χ1v) is 6.30. The summed E-state index contributed by atoms with van der Waals surface area (Å²) in [4.78, 5) is 11.9. The largest absolute Gasteiger partial charge is 0.477 e. The van der Waals surface area contributed by atoms with Crippen molar-refractivity contribution in [2.45, 2.75) is 13.5 Å². The van der Waals surface area contributed by atoms with Crippen LogP contribution in [0.4, 0.5) is 14.5 Å². The van der Waals surface area contributed by atoms with Crippen molar-refractivity contribution in [3.63, 3.8) is 0 Å². The molecule has 3 nitrogen and oxygen atoms in total. The lowest BCUT2D eigenvalue weighted by molar-refractivity contribution is 0.0702. The Morgan fingerprint density at radius 3 is 2.68 bits per heavy atom. The van der Waals surface area contributed by atoms with E-state index in [0.29, 0.717) is 0 Å². The number of anilines is 1. The van der Waals surface area contributed by atoms with Crippen molar-refractivity contribution in [2.24, 2.45) is 0 Å². The molecule has 2 aromatic rings. The smallest absolute Gasteiger partial charge is 0.345 e. The summed E-state index contributed by atoms with van der Waals surface area (Å²) in [6.07, 6.45) is 0. The van der Waals surface area contributed by atoms with Crippen molar-refractivity contribution in [1.29, 1.82) is 0 Å². The monoisotopic (exact) mass is 283 g/mol. The van der Waals surface area contributed by atoms with Gasteiger partial charge in [-0.15, -0.1) is 11.3 Å². The molecule has 19 heavy (non-hydrogen) atoms. The van der Waals surface area contributed by atoms with Crippen LogP contribution < -0.4 is 5.32 Å². The average Bonchev–Trinajstić information content (AvgIpc) is 2.70. The van der Waals surface area contributed by atoms with E-state index in [2.05, 4.69) is 5.32 Å². The van der Waals surface area contributed by atoms with Crippen molar-refractivity contribution in [3.8, 4) is 0 Å². The summed E-state index contributed by atoms with van der Waals surface area (Å²) in [6.45, 7) is 2.09. The Kier molecular flexibility index (Phi) is 3.80. The molecule has 0 bridgehead atoms. The molecule has 0 radical (unpaired) electrons. The summed E-state index contributed by atoms with van der Waals surface area (Å²) in [7, 11) is 0. The van der Waals surface area contributed by atoms with E-state index in [1.165, 1.54) is 17.4 Å². The summed E-state index contributed by atoms with van der Waals surface area (Å²) >= 11 is 1.17. The van der Waals surface area contributed by atoms with Gasteiger partial charge in [0.25, 0.3) is 0 Å². The number of aryl methyl sites for hydroxylation is 1. The van der Waals surface area contributed by atoms with E-state index in [9.17, 15) is 13.6 Å². The number of aromatic carboxylic acids is 1. The highest BCUT2D eigenvalue weighted by atomic mass is 32.1. The van der Waals surface area contributed by atoms with Gasteiger partial charge in [-0.1, -0.05) is 0 Å². The molecule has 0 saturated carbocycles. The Labute approximate surface area is 112 Å². The summed E-state index contributed by atoms with van der Waals surface area (Å²) < 4.78 is 26.1. The van der Waals surface area contributed by atoms with Crippen LogP contribution in [0, 0.1) is 18.6 Å². The molecule has 2 rings (SSSR count). The molecule has 1 aromatic carbocycles. The molecule has 0 aliphatic carbocycles. The average molecular weight is 283 g/mol. The zero-order valence-corrected chi connectivity index (χ0v) is 10.9. The minimum Gasteiger partial charge on any atom is -0.477 e. The molecule has 6 heteroatoms. The van der Waals surface area contributed by atoms with Crippen LogP contribution in [0.15, 0.2) is 24.3 Å². The van der Waals surface area contributed by atoms with Crippen LogP contribution in [-0.2, 0) is 6.54 Å². The van der Waals surface area contributed by atoms with E-state index in [-0.39, 0.29) is 17.1 Å². The molecule has 0 saturated heterocycles. The van der Waals surface area contributed by atoms with Crippen molar-refractivity contribution >= 4 is 23.0 Å². The Balaban J connectivity index is 2.12. The van der Waals surface area contributed by atoms with Crippen molar-refractivity contribution in [1.82, 2.24) is 0 Å². The molecular weight excluding hydrogens is 272 g/mol. The van der Waals surface area contributed by atoms with E-state index >= 15 is 0 Å². The fraction of sp³-hybridized carbons (Fsp3) is 0.154. The molecule has 1 heterocycles. The molecule has 0 spiro atoms. The lowest BCUT2D eigenvalue weighted by Gasteiger charge is -2.07. The lowest BCUT2D eigenvalue weighted by atomic mass is 10.2. The maximum Gasteiger partial charge on any atom is 0.345 e. The number of nitrogens with one attached hydrogen (secondary N) is 1. The number of carboxylic acid groups (broad SMARTS) is 1. The van der Waals surface area contributed by atoms with Crippen molar-refractivity contribution < 1.29 is 18.7 Å². The zero-order chi connectivity index (χ0) is 14.0. The highest BCUT2D eigenvalue weighted by Crippen LogP contribution is 2.23. The molecule has 100 valence electrons. The van der Waals surface area contributed by atoms with Gasteiger partial charge in [0.15, 0.2) is 0 Å². The van der Waals surface area contributed by atoms with Crippen LogP contribution in [0.2, 0.25) is 0 Å². The summed E-state index contributed by atoms with van der Waals surface area (Å²) in [5.41, 5.74) is 0.968. The molecule has 2 N–H and O–H groups in total. The quantitative estimate of drug-likeness (QED) is 0.900. The molecule has 0 aliphatic rings. The molecule has 0 amide bonds. The van der Waals surface area contributed by atoms with Gasteiger partial charge in [0, 0.05) is 17.5 Å². The summed E-state index contributed by atoms with van der Waals surface area (Å²) in [6, 6.07) is 4.82. The van der Waals surface area contributed by atoms with Crippen LogP contribution in [-0.4, -0.2) is 11.1 Å². The third-order valence-electron chi connectivity index (χ3n) is 2.63. The highest BCUT2D eigenvalue weighted by Gasteiger charge is 2.11. The van der Waals surface area contributed by atoms with Gasteiger partial charge < -0.3 is 10.4 Å². The third-order valence-corrected chi connectivity index (χ3v) is 3.71. The van der Waals surface area contributed by atoms with Crippen molar-refractivity contribution in [2.75, 3.05) is 5.32 Å². The summed E-state index contributed by atoms with van der Waals surface area (Å²) in [5, 5.41) is 11.7. The summed E-state index contributed by atoms with van der Waals surface area (Å²) in [5.74, 6) is -2.29. The minimum atomic E-state index is -0.979. The molecule has 0 unspecified atom stereocenters. The molecular formula is C13H11F2NO2S. The Bertz CT molecular complexity index is 625. The number of carboxylic acids is 1. The maximum atomic E-state index is 13.4. The minimum absolute atomic E-state index is 0.184. The molecule has 0 atom stereocenters. The van der Waals surface area contributed by atoms with Gasteiger partial charge in [0.05, 0.1) is 5.69 Å². The van der Waals surface area contributed by atoms with Crippen LogP contribution >= 0.6 is 11.3 Å². The first kappa shape index (κ1) is 13.5. The topological polar surface area (TPSA) is 49.3 Å². The van der Waals surface area contributed by atoms with Gasteiger partial charge in [-0.2, -0.15) is 0 Å². The number of hydrogen-bond donors (Lipinski definition) is 2. The van der Waals surface area contributed by atoms with E-state index < -0.39 is 17.6 Å². The maximum absolute atomic E-state index is 13.4. The fourth-order valence-electron chi connectivity index (χ4n) is 1.62. The SMILES string of the molecule is Cc1sc(C(=O)O)cc1CNc1ccc(F)cc1F. The molecule has 0 aliphatic heterocycles. The van der Waals surface area contributed by atoms with Crippen molar-refractivity contribution in [3.05, 3.63) is 51.2 Å². The Morgan fingerprint density at radius 1 is 1.37 bits per heavy atom. The van der Waals surface area contributed by atoms with E-state index in [1.54, 1.807) is 13.0 Å². The number of rotatable bonds is 4. The van der Waals surface area contributed by atoms with E-state index in [4.69, 9.17) is 5.11 Å². The first-order chi connectivity index (χ1) is 8.97. The lowest BCUT2D eigenvalue weighted by Crippen LogP contribution is -2.02. The normalized spacial score (nSPS) is 10.5. The van der Waals surface area contributed by atoms with Gasteiger partial charge in [-0.05, 0) is 30.7 Å². The predicted molar refractivity (Wildman–Crippen MR) is 69.7 cm³/mol. The molecule has 1 aromatic heterocycles. The van der Waals surface area contributed by atoms with Gasteiger partial charge in [0.1, 0.15) is 16.5 Å². The Hall–Kier alpha value is -1.95. The highest BCUT2D eigenvalue weighted by molar-refractivity contribution is 7.14. The van der Waals surface area contributed by atoms with Gasteiger partial charge in [0.2, 0.25) is 0 Å². The number of benzene rings is 1. The van der Waals surface area contributed by atoms with E-state index in [0.717, 1.165) is 22.6 Å². The van der Waals surface area contributed by atoms with Crippen LogP contribution in [0.25, 0.3) is 0 Å².